The van der Waals surface area contributed by atoms with E-state index in [1.54, 1.807) is 0 Å². The third kappa shape index (κ3) is 7.86. The first-order chi connectivity index (χ1) is 35.0. The predicted molar refractivity (Wildman–Crippen MR) is 307 cm³/mol. The highest BCUT2D eigenvalue weighted by Crippen LogP contribution is 2.46. The molecule has 0 heteroatoms. The second kappa shape index (κ2) is 17.4. The maximum Gasteiger partial charge on any atom is 0.0491 e. The second-order valence-electron chi connectivity index (χ2n) is 21.0. The zero-order valence-corrected chi connectivity index (χ0v) is 41.5. The zero-order valence-electron chi connectivity index (χ0n) is 41.5. The number of benzene rings is 12. The van der Waals surface area contributed by atoms with E-state index >= 15 is 0 Å². The van der Waals surface area contributed by atoms with Crippen LogP contribution >= 0.6 is 0 Å². The largest absolute Gasteiger partial charge is 0.0616 e. The molecular formula is C72H50. The van der Waals surface area contributed by atoms with E-state index in [4.69, 9.17) is 0 Å². The van der Waals surface area contributed by atoms with Gasteiger partial charge in [-0.15, -0.1) is 0 Å². The minimum atomic E-state index is -0.228. The molecule has 0 aliphatic heterocycles. The SMILES string of the molecule is CC(C)(C)c1cc2c(C#Cc3cccc4ccccc34)c(C#Cc3cccc4ccccc34)c3cc(C(C)(C)C)cc4c(C#Cc5cccc6ccccc56)c(C#Cc5cccc6ccccc56)c(c1)c2c34. The Morgan fingerprint density at radius 1 is 0.236 bits per heavy atom. The molecule has 0 amide bonds. The molecule has 0 radical (unpaired) electrons. The second-order valence-corrected chi connectivity index (χ2v) is 21.0. The topological polar surface area (TPSA) is 0 Å². The summed E-state index contributed by atoms with van der Waals surface area (Å²) in [5, 5.41) is 15.6. The molecule has 0 aliphatic rings. The van der Waals surface area contributed by atoms with Gasteiger partial charge in [0.15, 0.2) is 0 Å². The Balaban J connectivity index is 1.29. The van der Waals surface area contributed by atoms with Gasteiger partial charge in [-0.3, -0.25) is 0 Å². The first kappa shape index (κ1) is 44.2. The summed E-state index contributed by atoms with van der Waals surface area (Å²) < 4.78 is 0. The molecule has 0 aromatic heterocycles. The highest BCUT2D eigenvalue weighted by molar-refractivity contribution is 6.29. The Bertz CT molecular complexity index is 3900. The van der Waals surface area contributed by atoms with Gasteiger partial charge >= 0.3 is 0 Å². The maximum absolute atomic E-state index is 3.87. The molecule has 12 aromatic rings. The summed E-state index contributed by atoms with van der Waals surface area (Å²) in [6, 6.07) is 69.2. The molecule has 0 atom stereocenters. The molecule has 0 saturated carbocycles. The molecule has 72 heavy (non-hydrogen) atoms. The first-order valence-electron chi connectivity index (χ1n) is 24.8. The summed E-state index contributed by atoms with van der Waals surface area (Å²) in [5.74, 6) is 30.5. The van der Waals surface area contributed by atoms with Crippen molar-refractivity contribution in [1.29, 1.82) is 0 Å². The van der Waals surface area contributed by atoms with E-state index in [1.807, 2.05) is 0 Å². The Hall–Kier alpha value is -9.04. The summed E-state index contributed by atoms with van der Waals surface area (Å²) >= 11 is 0. The van der Waals surface area contributed by atoms with Crippen molar-refractivity contribution in [3.05, 3.63) is 250 Å². The van der Waals surface area contributed by atoms with Crippen molar-refractivity contribution in [3.8, 4) is 47.4 Å². The van der Waals surface area contributed by atoms with E-state index in [1.165, 1.54) is 11.1 Å². The average molecular weight is 915 g/mol. The van der Waals surface area contributed by atoms with Gasteiger partial charge in [-0.25, -0.2) is 0 Å². The summed E-state index contributed by atoms with van der Waals surface area (Å²) in [6.45, 7) is 13.8. The van der Waals surface area contributed by atoms with Crippen LogP contribution in [0.2, 0.25) is 0 Å². The van der Waals surface area contributed by atoms with Crippen LogP contribution in [0.3, 0.4) is 0 Å². The van der Waals surface area contributed by atoms with Crippen LogP contribution in [-0.4, -0.2) is 0 Å². The molecule has 0 spiro atoms. The van der Waals surface area contributed by atoms with Gasteiger partial charge in [0.25, 0.3) is 0 Å². The van der Waals surface area contributed by atoms with Crippen LogP contribution in [0.4, 0.5) is 0 Å². The molecule has 0 N–H and O–H groups in total. The van der Waals surface area contributed by atoms with E-state index in [9.17, 15) is 0 Å². The van der Waals surface area contributed by atoms with Crippen LogP contribution < -0.4 is 0 Å². The van der Waals surface area contributed by atoms with E-state index in [0.29, 0.717) is 0 Å². The molecule has 12 aromatic carbocycles. The van der Waals surface area contributed by atoms with Crippen molar-refractivity contribution in [1.82, 2.24) is 0 Å². The van der Waals surface area contributed by atoms with Gasteiger partial charge in [0.2, 0.25) is 0 Å². The van der Waals surface area contributed by atoms with Crippen molar-refractivity contribution < 1.29 is 0 Å². The van der Waals surface area contributed by atoms with Crippen molar-refractivity contribution in [2.24, 2.45) is 0 Å². The minimum Gasteiger partial charge on any atom is -0.0616 e. The van der Waals surface area contributed by atoms with Crippen LogP contribution in [-0.2, 0) is 10.8 Å². The third-order valence-corrected chi connectivity index (χ3v) is 14.3. The molecule has 12 rings (SSSR count). The van der Waals surface area contributed by atoms with Crippen molar-refractivity contribution in [2.75, 3.05) is 0 Å². The van der Waals surface area contributed by atoms with Gasteiger partial charge in [-0.1, -0.05) is 234 Å². The van der Waals surface area contributed by atoms with Crippen LogP contribution in [0.15, 0.2) is 194 Å². The molecule has 0 unspecified atom stereocenters. The lowest BCUT2D eigenvalue weighted by Crippen LogP contribution is -2.13. The predicted octanol–water partition coefficient (Wildman–Crippen LogP) is 17.4. The standard InChI is InChI=1S/C72H50/c1-71(2,3)55-43-65-61(39-35-51-27-15-23-47-19-7-11-31-57(47)51)63(41-37-53-29-17-25-49-21-9-13-33-59(49)53)67-45-56(72(4,5)6)46-68-64(42-38-54-30-18-26-50-22-10-14-34-60(50)54)62(66(44-55)69(65)70(67)68)40-36-52-28-16-24-48-20-8-12-32-58(48)52/h7-34,43-46H,1-6H3. The molecular weight excluding hydrogens is 865 g/mol. The zero-order chi connectivity index (χ0) is 49.1. The first-order valence-corrected chi connectivity index (χ1v) is 24.8. The van der Waals surface area contributed by atoms with E-state index in [-0.39, 0.29) is 10.8 Å². The summed E-state index contributed by atoms with van der Waals surface area (Å²) in [5.41, 5.74) is 9.47. The normalized spacial score (nSPS) is 11.6. The fraction of sp³-hybridized carbons (Fsp3) is 0.111. The minimum absolute atomic E-state index is 0.228. The fourth-order valence-corrected chi connectivity index (χ4v) is 10.4. The van der Waals surface area contributed by atoms with Crippen LogP contribution in [0.5, 0.6) is 0 Å². The van der Waals surface area contributed by atoms with Crippen molar-refractivity contribution >= 4 is 75.4 Å². The highest BCUT2D eigenvalue weighted by atomic mass is 14.3. The maximum atomic E-state index is 3.87. The summed E-state index contributed by atoms with van der Waals surface area (Å²) in [6.07, 6.45) is 0. The molecule has 338 valence electrons. The van der Waals surface area contributed by atoms with Gasteiger partial charge < -0.3 is 0 Å². The van der Waals surface area contributed by atoms with E-state index in [2.05, 4.69) is 283 Å². The Kier molecular flexibility index (Phi) is 10.7. The summed E-state index contributed by atoms with van der Waals surface area (Å²) in [4.78, 5) is 0. The fourth-order valence-electron chi connectivity index (χ4n) is 10.4. The Morgan fingerprint density at radius 3 is 0.694 bits per heavy atom. The molecule has 0 aliphatic carbocycles. The van der Waals surface area contributed by atoms with E-state index < -0.39 is 0 Å². The molecule has 0 fully saturated rings. The van der Waals surface area contributed by atoms with Crippen LogP contribution in [0.1, 0.15) is 97.2 Å². The highest BCUT2D eigenvalue weighted by Gasteiger charge is 2.27. The molecule has 0 heterocycles. The molecule has 0 bridgehead atoms. The average Bonchev–Trinajstić information content (AvgIpc) is 3.39. The van der Waals surface area contributed by atoms with Gasteiger partial charge in [0.1, 0.15) is 0 Å². The van der Waals surface area contributed by atoms with Gasteiger partial charge in [-0.05, 0) is 114 Å². The molecule has 0 saturated heterocycles. The lowest BCUT2D eigenvalue weighted by molar-refractivity contribution is 0.591. The number of hydrogen-bond acceptors (Lipinski definition) is 0. The van der Waals surface area contributed by atoms with Gasteiger partial charge in [0, 0.05) is 76.8 Å². The lowest BCUT2D eigenvalue weighted by Gasteiger charge is -2.26. The van der Waals surface area contributed by atoms with Crippen LogP contribution in [0, 0.1) is 47.4 Å². The van der Waals surface area contributed by atoms with Gasteiger partial charge in [0.05, 0.1) is 0 Å². The van der Waals surface area contributed by atoms with Crippen LogP contribution in [0.25, 0.3) is 75.4 Å². The van der Waals surface area contributed by atoms with Crippen molar-refractivity contribution in [2.45, 2.75) is 52.4 Å². The number of hydrogen-bond donors (Lipinski definition) is 0. The number of fused-ring (bicyclic) bond motifs is 4. The summed E-state index contributed by atoms with van der Waals surface area (Å²) in [7, 11) is 0. The Labute approximate surface area is 422 Å². The number of rotatable bonds is 0. The van der Waals surface area contributed by atoms with E-state index in [0.717, 1.165) is 120 Å². The smallest absolute Gasteiger partial charge is 0.0491 e. The third-order valence-electron chi connectivity index (χ3n) is 14.3. The lowest BCUT2D eigenvalue weighted by atomic mass is 9.76. The Morgan fingerprint density at radius 2 is 0.458 bits per heavy atom. The molecule has 0 nitrogen and oxygen atoms in total. The van der Waals surface area contributed by atoms with Crippen molar-refractivity contribution in [3.63, 3.8) is 0 Å². The quantitative estimate of drug-likeness (QED) is 0.105. The van der Waals surface area contributed by atoms with Gasteiger partial charge in [-0.2, -0.15) is 0 Å². The monoisotopic (exact) mass is 914 g/mol.